The first-order valence-corrected chi connectivity index (χ1v) is 8.07. The summed E-state index contributed by atoms with van der Waals surface area (Å²) in [6.45, 7) is 2.70. The Morgan fingerprint density at radius 1 is 1.25 bits per heavy atom. The molecule has 5 heteroatoms. The summed E-state index contributed by atoms with van der Waals surface area (Å²) in [6.07, 6.45) is 0. The molecule has 2 rings (SSSR count). The fourth-order valence-corrected chi connectivity index (χ4v) is 3.13. The van der Waals surface area contributed by atoms with Gasteiger partial charge < -0.3 is 14.8 Å². The fourth-order valence-electron chi connectivity index (χ4n) is 1.74. The van der Waals surface area contributed by atoms with Crippen molar-refractivity contribution in [2.45, 2.75) is 13.2 Å². The van der Waals surface area contributed by atoms with Gasteiger partial charge in [0.25, 0.3) is 0 Å². The van der Waals surface area contributed by atoms with Crippen LogP contribution < -0.4 is 5.32 Å². The second kappa shape index (κ2) is 8.42. The normalized spacial score (nSPS) is 10.7. The third kappa shape index (κ3) is 5.25. The van der Waals surface area contributed by atoms with Crippen LogP contribution >= 0.6 is 27.3 Å². The van der Waals surface area contributed by atoms with E-state index < -0.39 is 0 Å². The molecule has 0 saturated carbocycles. The SMILES string of the molecule is COCCOCc1cccc(NCc2cc(Br)cs2)c1. The van der Waals surface area contributed by atoms with Crippen LogP contribution in [-0.2, 0) is 22.6 Å². The molecule has 108 valence electrons. The summed E-state index contributed by atoms with van der Waals surface area (Å²) in [4.78, 5) is 1.30. The van der Waals surface area contributed by atoms with Crippen LogP contribution in [0.15, 0.2) is 40.2 Å². The van der Waals surface area contributed by atoms with E-state index in [1.54, 1.807) is 18.4 Å². The molecule has 0 bridgehead atoms. The zero-order valence-electron chi connectivity index (χ0n) is 11.4. The molecule has 0 aliphatic heterocycles. The second-order valence-corrected chi connectivity index (χ2v) is 6.24. The lowest BCUT2D eigenvalue weighted by molar-refractivity contribution is 0.0617. The smallest absolute Gasteiger partial charge is 0.0718 e. The predicted molar refractivity (Wildman–Crippen MR) is 87.3 cm³/mol. The maximum atomic E-state index is 5.52. The molecular formula is C15H18BrNO2S. The molecule has 0 amide bonds. The van der Waals surface area contributed by atoms with Crippen LogP contribution in [0, 0.1) is 0 Å². The van der Waals surface area contributed by atoms with E-state index in [-0.39, 0.29) is 0 Å². The van der Waals surface area contributed by atoms with Crippen molar-refractivity contribution >= 4 is 33.0 Å². The Morgan fingerprint density at radius 2 is 2.15 bits per heavy atom. The number of ether oxygens (including phenoxy) is 2. The van der Waals surface area contributed by atoms with Crippen LogP contribution in [0.1, 0.15) is 10.4 Å². The molecule has 20 heavy (non-hydrogen) atoms. The van der Waals surface area contributed by atoms with Crippen molar-refractivity contribution in [1.82, 2.24) is 0 Å². The number of hydrogen-bond acceptors (Lipinski definition) is 4. The Bertz CT molecular complexity index is 530. The van der Waals surface area contributed by atoms with Gasteiger partial charge in [0, 0.05) is 34.1 Å². The number of rotatable bonds is 8. The van der Waals surface area contributed by atoms with E-state index >= 15 is 0 Å². The molecular weight excluding hydrogens is 338 g/mol. The number of halogens is 1. The van der Waals surface area contributed by atoms with Crippen molar-refractivity contribution in [2.75, 3.05) is 25.6 Å². The Kier molecular flexibility index (Phi) is 6.53. The lowest BCUT2D eigenvalue weighted by Gasteiger charge is -2.08. The minimum Gasteiger partial charge on any atom is -0.382 e. The number of nitrogens with one attached hydrogen (secondary N) is 1. The molecule has 1 aromatic carbocycles. The standard InChI is InChI=1S/C15H18BrNO2S/c1-18-5-6-19-10-12-3-2-4-14(7-12)17-9-15-8-13(16)11-20-15/h2-4,7-8,11,17H,5-6,9-10H2,1H3. The van der Waals surface area contributed by atoms with E-state index in [1.807, 2.05) is 6.07 Å². The van der Waals surface area contributed by atoms with Crippen molar-refractivity contribution in [3.8, 4) is 0 Å². The van der Waals surface area contributed by atoms with Gasteiger partial charge in [-0.2, -0.15) is 0 Å². The average molecular weight is 356 g/mol. The van der Waals surface area contributed by atoms with Crippen LogP contribution in [-0.4, -0.2) is 20.3 Å². The van der Waals surface area contributed by atoms with Gasteiger partial charge in [-0.1, -0.05) is 12.1 Å². The molecule has 1 N–H and O–H groups in total. The van der Waals surface area contributed by atoms with Gasteiger partial charge in [0.2, 0.25) is 0 Å². The Labute approximate surface area is 132 Å². The topological polar surface area (TPSA) is 30.5 Å². The summed E-state index contributed by atoms with van der Waals surface area (Å²) >= 11 is 5.21. The summed E-state index contributed by atoms with van der Waals surface area (Å²) in [5.41, 5.74) is 2.28. The van der Waals surface area contributed by atoms with Gasteiger partial charge in [-0.25, -0.2) is 0 Å². The lowest BCUT2D eigenvalue weighted by Crippen LogP contribution is -2.02. The van der Waals surface area contributed by atoms with Gasteiger partial charge in [0.1, 0.15) is 0 Å². The van der Waals surface area contributed by atoms with Crippen molar-refractivity contribution in [2.24, 2.45) is 0 Å². The first-order chi connectivity index (χ1) is 9.78. The third-order valence-electron chi connectivity index (χ3n) is 2.72. The maximum Gasteiger partial charge on any atom is 0.0718 e. The van der Waals surface area contributed by atoms with E-state index in [9.17, 15) is 0 Å². The van der Waals surface area contributed by atoms with E-state index in [0.717, 1.165) is 16.7 Å². The molecule has 3 nitrogen and oxygen atoms in total. The third-order valence-corrected chi connectivity index (χ3v) is 4.41. The lowest BCUT2D eigenvalue weighted by atomic mass is 10.2. The van der Waals surface area contributed by atoms with E-state index in [0.29, 0.717) is 19.8 Å². The van der Waals surface area contributed by atoms with Crippen molar-refractivity contribution < 1.29 is 9.47 Å². The van der Waals surface area contributed by atoms with Gasteiger partial charge in [-0.15, -0.1) is 11.3 Å². The summed E-state index contributed by atoms with van der Waals surface area (Å²) in [6, 6.07) is 10.4. The molecule has 2 aromatic rings. The quantitative estimate of drug-likeness (QED) is 0.716. The first kappa shape index (κ1) is 15.5. The van der Waals surface area contributed by atoms with Crippen LogP contribution in [0.3, 0.4) is 0 Å². The second-order valence-electron chi connectivity index (χ2n) is 4.33. The van der Waals surface area contributed by atoms with Gasteiger partial charge >= 0.3 is 0 Å². The molecule has 0 aliphatic rings. The summed E-state index contributed by atoms with van der Waals surface area (Å²) in [5, 5.41) is 5.52. The number of hydrogen-bond donors (Lipinski definition) is 1. The molecule has 0 radical (unpaired) electrons. The fraction of sp³-hybridized carbons (Fsp3) is 0.333. The van der Waals surface area contributed by atoms with E-state index in [2.05, 4.69) is 50.9 Å². The number of thiophene rings is 1. The molecule has 0 saturated heterocycles. The average Bonchev–Trinajstić information content (AvgIpc) is 2.88. The molecule has 0 atom stereocenters. The molecule has 0 fully saturated rings. The molecule has 0 spiro atoms. The van der Waals surface area contributed by atoms with Crippen molar-refractivity contribution in [3.05, 3.63) is 50.6 Å². The number of anilines is 1. The molecule has 1 aromatic heterocycles. The minimum absolute atomic E-state index is 0.615. The van der Waals surface area contributed by atoms with Crippen LogP contribution in [0.5, 0.6) is 0 Å². The van der Waals surface area contributed by atoms with Crippen LogP contribution in [0.4, 0.5) is 5.69 Å². The Hall–Kier alpha value is -0.880. The van der Waals surface area contributed by atoms with Gasteiger partial charge in [0.05, 0.1) is 19.8 Å². The predicted octanol–water partition coefficient (Wildman–Crippen LogP) is 4.29. The summed E-state index contributed by atoms with van der Waals surface area (Å²) in [7, 11) is 1.68. The summed E-state index contributed by atoms with van der Waals surface area (Å²) < 4.78 is 11.6. The van der Waals surface area contributed by atoms with Gasteiger partial charge in [-0.3, -0.25) is 0 Å². The summed E-state index contributed by atoms with van der Waals surface area (Å²) in [5.74, 6) is 0. The molecule has 1 heterocycles. The largest absolute Gasteiger partial charge is 0.382 e. The van der Waals surface area contributed by atoms with Crippen molar-refractivity contribution in [3.63, 3.8) is 0 Å². The minimum atomic E-state index is 0.615. The van der Waals surface area contributed by atoms with Crippen LogP contribution in [0.25, 0.3) is 0 Å². The van der Waals surface area contributed by atoms with Gasteiger partial charge in [-0.05, 0) is 39.7 Å². The number of benzene rings is 1. The Morgan fingerprint density at radius 3 is 2.90 bits per heavy atom. The van der Waals surface area contributed by atoms with Crippen molar-refractivity contribution in [1.29, 1.82) is 0 Å². The zero-order chi connectivity index (χ0) is 14.2. The maximum absolute atomic E-state index is 5.52. The number of methoxy groups -OCH3 is 1. The highest BCUT2D eigenvalue weighted by molar-refractivity contribution is 9.10. The Balaban J connectivity index is 1.82. The van der Waals surface area contributed by atoms with Gasteiger partial charge in [0.15, 0.2) is 0 Å². The monoisotopic (exact) mass is 355 g/mol. The molecule has 0 unspecified atom stereocenters. The highest BCUT2D eigenvalue weighted by Gasteiger charge is 1.99. The van der Waals surface area contributed by atoms with Crippen LogP contribution in [0.2, 0.25) is 0 Å². The highest BCUT2D eigenvalue weighted by Crippen LogP contribution is 2.21. The highest BCUT2D eigenvalue weighted by atomic mass is 79.9. The van der Waals surface area contributed by atoms with E-state index in [4.69, 9.17) is 9.47 Å². The zero-order valence-corrected chi connectivity index (χ0v) is 13.8. The van der Waals surface area contributed by atoms with E-state index in [1.165, 1.54) is 10.4 Å². The molecule has 0 aliphatic carbocycles. The first-order valence-electron chi connectivity index (χ1n) is 6.40.